The Morgan fingerprint density at radius 3 is 1.46 bits per heavy atom. The average Bonchev–Trinajstić information content (AvgIpc) is 2.91. The van der Waals surface area contributed by atoms with Crippen LogP contribution in [0.15, 0.2) is 30.3 Å². The third-order valence-electron chi connectivity index (χ3n) is 7.92. The van der Waals surface area contributed by atoms with Gasteiger partial charge in [-0.05, 0) is 72.8 Å². The number of unbranched alkanes of at least 4 members (excludes halogenated alkanes) is 6. The normalized spacial score (nSPS) is 12.5. The summed E-state index contributed by atoms with van der Waals surface area (Å²) < 4.78 is 36.3. The highest BCUT2D eigenvalue weighted by atomic mass is 32.2. The third kappa shape index (κ3) is 12.2. The molecule has 1 rings (SSSR count). The van der Waals surface area contributed by atoms with Crippen LogP contribution in [0.3, 0.4) is 0 Å². The summed E-state index contributed by atoms with van der Waals surface area (Å²) in [5.74, 6) is -0.539. The number of benzene rings is 1. The molecule has 0 bridgehead atoms. The van der Waals surface area contributed by atoms with Crippen LogP contribution in [0, 0.1) is 22.2 Å². The number of sulfone groups is 1. The van der Waals surface area contributed by atoms with Crippen molar-refractivity contribution in [3.8, 4) is 6.07 Å². The molecule has 41 heavy (non-hydrogen) atoms. The van der Waals surface area contributed by atoms with E-state index in [1.807, 2.05) is 45.9 Å². The molecule has 1 aromatic rings. The van der Waals surface area contributed by atoms with Crippen molar-refractivity contribution >= 4 is 21.8 Å². The first kappa shape index (κ1) is 36.6. The summed E-state index contributed by atoms with van der Waals surface area (Å²) in [6.45, 7) is 11.9. The average molecular weight is 592 g/mol. The molecular weight excluding hydrogens is 538 g/mol. The zero-order chi connectivity index (χ0) is 31.0. The number of esters is 2. The molecule has 0 N–H and O–H groups in total. The van der Waals surface area contributed by atoms with Gasteiger partial charge in [0.05, 0.1) is 35.9 Å². The number of hydrogen-bond donors (Lipinski definition) is 0. The highest BCUT2D eigenvalue weighted by molar-refractivity contribution is 7.92. The molecule has 8 heteroatoms. The quantitative estimate of drug-likeness (QED) is 0.106. The van der Waals surface area contributed by atoms with Gasteiger partial charge in [-0.2, -0.15) is 5.26 Å². The smallest absolute Gasteiger partial charge is 0.311 e. The summed E-state index contributed by atoms with van der Waals surface area (Å²) in [6, 6.07) is 11.3. The second-order valence-corrected chi connectivity index (χ2v) is 14.7. The summed E-state index contributed by atoms with van der Waals surface area (Å²) in [5.41, 5.74) is -0.400. The second-order valence-electron chi connectivity index (χ2n) is 12.4. The molecule has 0 aliphatic rings. The molecule has 0 heterocycles. The molecule has 0 aliphatic carbocycles. The zero-order valence-corrected chi connectivity index (χ0v) is 27.1. The van der Waals surface area contributed by atoms with Gasteiger partial charge in [0.25, 0.3) is 0 Å². The molecule has 0 spiro atoms. The molecule has 0 saturated heterocycles. The van der Waals surface area contributed by atoms with Gasteiger partial charge in [0, 0.05) is 0 Å². The fourth-order valence-electron chi connectivity index (χ4n) is 5.07. The molecule has 0 atom stereocenters. The lowest BCUT2D eigenvalue weighted by atomic mass is 9.86. The van der Waals surface area contributed by atoms with Crippen LogP contribution in [0.25, 0.3) is 0 Å². The Morgan fingerprint density at radius 2 is 1.10 bits per heavy atom. The van der Waals surface area contributed by atoms with Crippen LogP contribution >= 0.6 is 0 Å². The maximum atomic E-state index is 13.7. The molecular formula is C33H53NO6S. The number of carbonyl (C=O) groups excluding carboxylic acids is 2. The Balaban J connectivity index is 2.77. The van der Waals surface area contributed by atoms with Gasteiger partial charge in [0.15, 0.2) is 14.6 Å². The lowest BCUT2D eigenvalue weighted by Gasteiger charge is -2.27. The van der Waals surface area contributed by atoms with Crippen molar-refractivity contribution in [3.63, 3.8) is 0 Å². The minimum Gasteiger partial charge on any atom is -0.466 e. The Labute approximate surface area is 249 Å². The van der Waals surface area contributed by atoms with E-state index in [4.69, 9.17) is 9.47 Å². The molecule has 0 amide bonds. The molecule has 0 radical (unpaired) electrons. The number of nitriles is 1. The molecule has 1 aromatic carbocycles. The maximum Gasteiger partial charge on any atom is 0.311 e. The SMILES string of the molecule is CCOC(=O)C(C)(C)CCCCCCC(C#N)(CCCCCCC(C)(C)C(=O)OCC)S(=O)(=O)Cc1ccccc1. The summed E-state index contributed by atoms with van der Waals surface area (Å²) in [6.07, 6.45) is 8.27. The van der Waals surface area contributed by atoms with Crippen molar-refractivity contribution in [2.24, 2.45) is 10.8 Å². The van der Waals surface area contributed by atoms with Gasteiger partial charge in [-0.3, -0.25) is 9.59 Å². The van der Waals surface area contributed by atoms with Gasteiger partial charge in [-0.15, -0.1) is 0 Å². The monoisotopic (exact) mass is 591 g/mol. The van der Waals surface area contributed by atoms with E-state index >= 15 is 0 Å². The zero-order valence-electron chi connectivity index (χ0n) is 26.3. The molecule has 0 saturated carbocycles. The van der Waals surface area contributed by atoms with Gasteiger partial charge in [0.2, 0.25) is 0 Å². The minimum absolute atomic E-state index is 0.150. The van der Waals surface area contributed by atoms with Gasteiger partial charge in [0.1, 0.15) is 0 Å². The van der Waals surface area contributed by atoms with Gasteiger partial charge in [-0.1, -0.05) is 81.7 Å². The first-order valence-electron chi connectivity index (χ1n) is 15.3. The lowest BCUT2D eigenvalue weighted by Crippen LogP contribution is -2.38. The highest BCUT2D eigenvalue weighted by Crippen LogP contribution is 2.34. The van der Waals surface area contributed by atoms with Crippen molar-refractivity contribution in [3.05, 3.63) is 35.9 Å². The van der Waals surface area contributed by atoms with E-state index in [-0.39, 0.29) is 17.7 Å². The Bertz CT molecular complexity index is 1030. The number of rotatable bonds is 21. The molecule has 0 aromatic heterocycles. The van der Waals surface area contributed by atoms with Gasteiger partial charge in [-0.25, -0.2) is 8.42 Å². The number of hydrogen-bond acceptors (Lipinski definition) is 7. The summed E-state index contributed by atoms with van der Waals surface area (Å²) in [4.78, 5) is 24.3. The lowest BCUT2D eigenvalue weighted by molar-refractivity contribution is -0.154. The molecule has 0 unspecified atom stereocenters. The van der Waals surface area contributed by atoms with E-state index < -0.39 is 25.4 Å². The fourth-order valence-corrected chi connectivity index (χ4v) is 7.03. The number of carbonyl (C=O) groups is 2. The summed E-state index contributed by atoms with van der Waals surface area (Å²) >= 11 is 0. The van der Waals surface area contributed by atoms with Crippen molar-refractivity contribution in [2.75, 3.05) is 13.2 Å². The molecule has 0 fully saturated rings. The summed E-state index contributed by atoms with van der Waals surface area (Å²) in [5, 5.41) is 10.3. The van der Waals surface area contributed by atoms with E-state index in [1.54, 1.807) is 26.0 Å². The van der Waals surface area contributed by atoms with Gasteiger partial charge >= 0.3 is 11.9 Å². The van der Waals surface area contributed by atoms with Crippen LogP contribution in [0.2, 0.25) is 0 Å². The van der Waals surface area contributed by atoms with Crippen LogP contribution in [0.1, 0.15) is 124 Å². The predicted octanol–water partition coefficient (Wildman–Crippen LogP) is 7.72. The largest absolute Gasteiger partial charge is 0.466 e. The Hall–Kier alpha value is -2.40. The van der Waals surface area contributed by atoms with E-state index in [2.05, 4.69) is 6.07 Å². The van der Waals surface area contributed by atoms with Crippen LogP contribution < -0.4 is 0 Å². The molecule has 0 aliphatic heterocycles. The van der Waals surface area contributed by atoms with Crippen LogP contribution in [0.4, 0.5) is 0 Å². The van der Waals surface area contributed by atoms with Crippen LogP contribution in [-0.2, 0) is 34.7 Å². The first-order chi connectivity index (χ1) is 19.3. The predicted molar refractivity (Wildman–Crippen MR) is 164 cm³/mol. The van der Waals surface area contributed by atoms with E-state index in [0.717, 1.165) is 38.5 Å². The van der Waals surface area contributed by atoms with Crippen molar-refractivity contribution < 1.29 is 27.5 Å². The molecule has 7 nitrogen and oxygen atoms in total. The van der Waals surface area contributed by atoms with Crippen molar-refractivity contribution in [2.45, 2.75) is 129 Å². The highest BCUT2D eigenvalue weighted by Gasteiger charge is 2.43. The van der Waals surface area contributed by atoms with Crippen LogP contribution in [0.5, 0.6) is 0 Å². The topological polar surface area (TPSA) is 111 Å². The fraction of sp³-hybridized carbons (Fsp3) is 0.727. The number of nitrogens with zero attached hydrogens (tertiary/aromatic N) is 1. The van der Waals surface area contributed by atoms with Crippen molar-refractivity contribution in [1.82, 2.24) is 0 Å². The standard InChI is InChI=1S/C33H53NO6S/c1-7-39-29(35)31(3,4)22-16-9-11-18-24-33(27-34,41(37,38)26-28-20-14-13-15-21-28)25-19-12-10-17-23-32(5,6)30(36)40-8-2/h13-15,20-21H,7-12,16-19,22-26H2,1-6H3. The van der Waals surface area contributed by atoms with Crippen LogP contribution in [-0.4, -0.2) is 38.3 Å². The van der Waals surface area contributed by atoms with E-state index in [0.29, 0.717) is 57.3 Å². The Morgan fingerprint density at radius 1 is 0.707 bits per heavy atom. The third-order valence-corrected chi connectivity index (χ3v) is 10.3. The Kier molecular flexibility index (Phi) is 15.7. The molecule has 232 valence electrons. The van der Waals surface area contributed by atoms with E-state index in [1.165, 1.54) is 0 Å². The van der Waals surface area contributed by atoms with E-state index in [9.17, 15) is 23.3 Å². The summed E-state index contributed by atoms with van der Waals surface area (Å²) in [7, 11) is -3.74. The first-order valence-corrected chi connectivity index (χ1v) is 16.9. The minimum atomic E-state index is -3.74. The second kappa shape index (κ2) is 17.5. The maximum absolute atomic E-state index is 13.7. The van der Waals surface area contributed by atoms with Gasteiger partial charge < -0.3 is 9.47 Å². The van der Waals surface area contributed by atoms with Crippen molar-refractivity contribution in [1.29, 1.82) is 5.26 Å². The number of ether oxygens (including phenoxy) is 2.